The molecular weight excluding hydrogens is 410 g/mol. The molecule has 0 saturated carbocycles. The molecule has 144 valence electrons. The first-order chi connectivity index (χ1) is 13.7. The predicted molar refractivity (Wildman–Crippen MR) is 115 cm³/mol. The first-order valence-electron chi connectivity index (χ1n) is 9.35. The van der Waals surface area contributed by atoms with E-state index in [1.807, 2.05) is 22.9 Å². The summed E-state index contributed by atoms with van der Waals surface area (Å²) in [6, 6.07) is 4.04. The van der Waals surface area contributed by atoms with Gasteiger partial charge in [-0.1, -0.05) is 24.2 Å². The van der Waals surface area contributed by atoms with Crippen LogP contribution < -0.4 is 5.56 Å². The van der Waals surface area contributed by atoms with Crippen LogP contribution in [0.3, 0.4) is 0 Å². The Hall–Kier alpha value is -1.97. The zero-order valence-electron chi connectivity index (χ0n) is 15.3. The highest BCUT2D eigenvalue weighted by atomic mass is 32.2. The summed E-state index contributed by atoms with van der Waals surface area (Å²) >= 11 is 4.77. The number of hydrogen-bond donors (Lipinski definition) is 1. The number of aryl methyl sites for hydroxylation is 1. The summed E-state index contributed by atoms with van der Waals surface area (Å²) in [6.07, 6.45) is 4.56. The third kappa shape index (κ3) is 3.21. The molecule has 9 heteroatoms. The number of rotatable bonds is 4. The number of aromatic nitrogens is 5. The Bertz CT molecular complexity index is 1170. The Labute approximate surface area is 174 Å². The second kappa shape index (κ2) is 7.46. The molecule has 0 bridgehead atoms. The monoisotopic (exact) mass is 429 g/mol. The zero-order valence-corrected chi connectivity index (χ0v) is 17.8. The number of thioether (sulfide) groups is 1. The van der Waals surface area contributed by atoms with E-state index >= 15 is 0 Å². The molecule has 0 radical (unpaired) electrons. The topological polar surface area (TPSA) is 76.5 Å². The molecule has 1 atom stereocenters. The zero-order chi connectivity index (χ0) is 19.1. The lowest BCUT2D eigenvalue weighted by molar-refractivity contribution is 0.590. The lowest BCUT2D eigenvalue weighted by Gasteiger charge is -2.11. The van der Waals surface area contributed by atoms with Crippen LogP contribution in [-0.4, -0.2) is 24.7 Å². The fourth-order valence-corrected chi connectivity index (χ4v) is 6.25. The normalized spacial score (nSPS) is 15.5. The van der Waals surface area contributed by atoms with Gasteiger partial charge >= 0.3 is 0 Å². The first kappa shape index (κ1) is 18.1. The molecule has 0 amide bonds. The molecule has 0 aromatic carbocycles. The third-order valence-electron chi connectivity index (χ3n) is 4.99. The van der Waals surface area contributed by atoms with Crippen LogP contribution in [0, 0.1) is 0 Å². The van der Waals surface area contributed by atoms with Crippen LogP contribution in [0.15, 0.2) is 32.8 Å². The van der Waals surface area contributed by atoms with Gasteiger partial charge in [0.15, 0.2) is 5.16 Å². The molecule has 0 fully saturated rings. The number of hydrogen-bond acceptors (Lipinski definition) is 7. The van der Waals surface area contributed by atoms with E-state index in [1.54, 1.807) is 23.1 Å². The van der Waals surface area contributed by atoms with E-state index in [0.717, 1.165) is 45.6 Å². The SMILES string of the molecule is C[C@H](Sc1nnc2n1CCCCC2)c1nc2scc(-c3cccs3)c2c(=O)[nH]1. The molecule has 6 nitrogen and oxygen atoms in total. The largest absolute Gasteiger partial charge is 0.309 e. The molecule has 4 aromatic heterocycles. The van der Waals surface area contributed by atoms with Crippen LogP contribution in [0.25, 0.3) is 20.7 Å². The molecule has 1 N–H and O–H groups in total. The quantitative estimate of drug-likeness (QED) is 0.468. The van der Waals surface area contributed by atoms with Crippen molar-refractivity contribution in [3.63, 3.8) is 0 Å². The van der Waals surface area contributed by atoms with Crippen molar-refractivity contribution >= 4 is 44.7 Å². The minimum Gasteiger partial charge on any atom is -0.309 e. The summed E-state index contributed by atoms with van der Waals surface area (Å²) in [7, 11) is 0. The van der Waals surface area contributed by atoms with E-state index in [1.165, 1.54) is 24.2 Å². The number of nitrogens with one attached hydrogen (secondary N) is 1. The molecule has 0 unspecified atom stereocenters. The molecule has 28 heavy (non-hydrogen) atoms. The summed E-state index contributed by atoms with van der Waals surface area (Å²) in [4.78, 5) is 22.5. The van der Waals surface area contributed by atoms with E-state index in [-0.39, 0.29) is 10.8 Å². The molecular formula is C19H19N5OS3. The van der Waals surface area contributed by atoms with Crippen LogP contribution in [0.4, 0.5) is 0 Å². The van der Waals surface area contributed by atoms with Crippen molar-refractivity contribution in [3.8, 4) is 10.4 Å². The Balaban J connectivity index is 1.47. The van der Waals surface area contributed by atoms with Gasteiger partial charge in [0.2, 0.25) is 0 Å². The van der Waals surface area contributed by atoms with Gasteiger partial charge in [0, 0.05) is 28.8 Å². The van der Waals surface area contributed by atoms with Crippen molar-refractivity contribution in [1.82, 2.24) is 24.7 Å². The number of fused-ring (bicyclic) bond motifs is 2. The molecule has 0 saturated heterocycles. The molecule has 5 rings (SSSR count). The molecule has 1 aliphatic rings. The average molecular weight is 430 g/mol. The van der Waals surface area contributed by atoms with Gasteiger partial charge in [-0.3, -0.25) is 4.79 Å². The average Bonchev–Trinajstić information content (AvgIpc) is 3.39. The summed E-state index contributed by atoms with van der Waals surface area (Å²) in [6.45, 7) is 3.02. The number of aromatic amines is 1. The van der Waals surface area contributed by atoms with Crippen LogP contribution in [0.1, 0.15) is 43.1 Å². The van der Waals surface area contributed by atoms with Crippen molar-refractivity contribution in [2.24, 2.45) is 0 Å². The summed E-state index contributed by atoms with van der Waals surface area (Å²) in [5, 5.41) is 14.4. The van der Waals surface area contributed by atoms with Crippen molar-refractivity contribution in [3.05, 3.63) is 44.9 Å². The lowest BCUT2D eigenvalue weighted by atomic mass is 10.2. The van der Waals surface area contributed by atoms with Gasteiger partial charge in [-0.25, -0.2) is 4.98 Å². The van der Waals surface area contributed by atoms with Crippen LogP contribution >= 0.6 is 34.4 Å². The maximum Gasteiger partial charge on any atom is 0.260 e. The van der Waals surface area contributed by atoms with Gasteiger partial charge < -0.3 is 9.55 Å². The second-order valence-corrected chi connectivity index (χ2v) is 9.99. The minimum absolute atomic E-state index is 0.0130. The highest BCUT2D eigenvalue weighted by Gasteiger charge is 2.21. The van der Waals surface area contributed by atoms with Crippen molar-refractivity contribution in [1.29, 1.82) is 0 Å². The maximum absolute atomic E-state index is 12.8. The Morgan fingerprint density at radius 2 is 2.18 bits per heavy atom. The van der Waals surface area contributed by atoms with Gasteiger partial charge in [-0.05, 0) is 31.2 Å². The van der Waals surface area contributed by atoms with Crippen LogP contribution in [0.2, 0.25) is 0 Å². The number of thiophene rings is 2. The molecule has 0 spiro atoms. The fourth-order valence-electron chi connectivity index (χ4n) is 3.53. The Morgan fingerprint density at radius 1 is 1.25 bits per heavy atom. The van der Waals surface area contributed by atoms with E-state index in [0.29, 0.717) is 11.2 Å². The summed E-state index contributed by atoms with van der Waals surface area (Å²) in [5.41, 5.74) is 0.899. The van der Waals surface area contributed by atoms with Crippen molar-refractivity contribution in [2.45, 2.75) is 49.6 Å². The highest BCUT2D eigenvalue weighted by molar-refractivity contribution is 7.99. The summed E-state index contributed by atoms with van der Waals surface area (Å²) < 4.78 is 2.23. The smallest absolute Gasteiger partial charge is 0.260 e. The second-order valence-electron chi connectivity index (χ2n) is 6.88. The number of nitrogens with zero attached hydrogens (tertiary/aromatic N) is 4. The van der Waals surface area contributed by atoms with Crippen LogP contribution in [-0.2, 0) is 13.0 Å². The van der Waals surface area contributed by atoms with Gasteiger partial charge in [-0.2, -0.15) is 0 Å². The van der Waals surface area contributed by atoms with Crippen molar-refractivity contribution < 1.29 is 0 Å². The first-order valence-corrected chi connectivity index (χ1v) is 12.0. The Kier molecular flexibility index (Phi) is 4.82. The van der Waals surface area contributed by atoms with Gasteiger partial charge in [0.05, 0.1) is 10.6 Å². The van der Waals surface area contributed by atoms with Crippen molar-refractivity contribution in [2.75, 3.05) is 0 Å². The van der Waals surface area contributed by atoms with E-state index in [9.17, 15) is 4.79 Å². The predicted octanol–water partition coefficient (Wildman–Crippen LogP) is 4.88. The Morgan fingerprint density at radius 3 is 3.04 bits per heavy atom. The minimum atomic E-state index is -0.0721. The number of H-pyrrole nitrogens is 1. The van der Waals surface area contributed by atoms with Gasteiger partial charge in [-0.15, -0.1) is 32.9 Å². The molecule has 0 aliphatic carbocycles. The highest BCUT2D eigenvalue weighted by Crippen LogP contribution is 2.36. The third-order valence-corrected chi connectivity index (χ3v) is 7.86. The van der Waals surface area contributed by atoms with E-state index in [4.69, 9.17) is 4.98 Å². The standard InChI is InChI=1S/C19H19N5OS3/c1-11(28-19-23-22-14-7-3-2-4-8-24(14)19)16-20-17(25)15-12(10-27-18(15)21-16)13-6-5-9-26-13/h5-6,9-11H,2-4,7-8H2,1H3,(H,20,21,25)/t11-/m0/s1. The molecule has 1 aliphatic heterocycles. The summed E-state index contributed by atoms with van der Waals surface area (Å²) in [5.74, 6) is 1.76. The molecule has 5 heterocycles. The van der Waals surface area contributed by atoms with Gasteiger partial charge in [0.1, 0.15) is 16.5 Å². The fraction of sp³-hybridized carbons (Fsp3) is 0.368. The molecule has 4 aromatic rings. The lowest BCUT2D eigenvalue weighted by Crippen LogP contribution is -2.12. The van der Waals surface area contributed by atoms with Gasteiger partial charge in [0.25, 0.3) is 5.56 Å². The van der Waals surface area contributed by atoms with E-state index in [2.05, 4.69) is 26.7 Å². The maximum atomic E-state index is 12.8. The van der Waals surface area contributed by atoms with E-state index < -0.39 is 0 Å². The van der Waals surface area contributed by atoms with Crippen LogP contribution in [0.5, 0.6) is 0 Å².